The maximum atomic E-state index is 13.0. The van der Waals surface area contributed by atoms with Gasteiger partial charge >= 0.3 is 0 Å². The van der Waals surface area contributed by atoms with Gasteiger partial charge in [0.1, 0.15) is 12.4 Å². The van der Waals surface area contributed by atoms with Gasteiger partial charge < -0.3 is 15.4 Å². The SMILES string of the molecule is C=C(COc1ccc(NC(=O)c2ccc(C)c(Nc3nccc(-c4cccnc4)n3)c2)cc1C)C(C)=O. The Hall–Kier alpha value is -4.85. The van der Waals surface area contributed by atoms with Gasteiger partial charge in [0.05, 0.1) is 5.69 Å². The van der Waals surface area contributed by atoms with E-state index in [-0.39, 0.29) is 18.3 Å². The number of pyridine rings is 1. The number of hydrogen-bond acceptors (Lipinski definition) is 7. The second-order valence-electron chi connectivity index (χ2n) is 8.54. The minimum Gasteiger partial charge on any atom is -0.489 e. The number of aromatic nitrogens is 3. The fraction of sp³-hybridized carbons (Fsp3) is 0.138. The molecule has 4 aromatic rings. The van der Waals surface area contributed by atoms with Gasteiger partial charge in [-0.15, -0.1) is 0 Å². The average Bonchev–Trinajstić information content (AvgIpc) is 2.90. The molecule has 186 valence electrons. The number of rotatable bonds is 9. The number of hydrogen-bond donors (Lipinski definition) is 2. The Balaban J connectivity index is 1.46. The Labute approximate surface area is 215 Å². The van der Waals surface area contributed by atoms with E-state index in [0.29, 0.717) is 28.5 Å². The van der Waals surface area contributed by atoms with Crippen molar-refractivity contribution in [1.29, 1.82) is 0 Å². The van der Waals surface area contributed by atoms with Crippen molar-refractivity contribution in [3.63, 3.8) is 0 Å². The van der Waals surface area contributed by atoms with Gasteiger partial charge in [-0.3, -0.25) is 14.6 Å². The fourth-order valence-corrected chi connectivity index (χ4v) is 3.47. The molecule has 4 rings (SSSR count). The summed E-state index contributed by atoms with van der Waals surface area (Å²) < 4.78 is 5.67. The Morgan fingerprint density at radius 2 is 1.84 bits per heavy atom. The molecule has 2 aromatic heterocycles. The van der Waals surface area contributed by atoms with Crippen molar-refractivity contribution >= 4 is 29.0 Å². The number of benzene rings is 2. The first-order valence-corrected chi connectivity index (χ1v) is 11.6. The number of anilines is 3. The molecule has 0 atom stereocenters. The van der Waals surface area contributed by atoms with E-state index in [1.54, 1.807) is 42.9 Å². The summed E-state index contributed by atoms with van der Waals surface area (Å²) >= 11 is 0. The van der Waals surface area contributed by atoms with Crippen molar-refractivity contribution in [2.75, 3.05) is 17.2 Å². The van der Waals surface area contributed by atoms with Gasteiger partial charge in [-0.1, -0.05) is 12.6 Å². The van der Waals surface area contributed by atoms with E-state index in [4.69, 9.17) is 4.74 Å². The highest BCUT2D eigenvalue weighted by molar-refractivity contribution is 6.05. The van der Waals surface area contributed by atoms with Crippen LogP contribution in [0.4, 0.5) is 17.3 Å². The molecule has 2 aromatic carbocycles. The zero-order valence-electron chi connectivity index (χ0n) is 20.9. The second-order valence-corrected chi connectivity index (χ2v) is 8.54. The Kier molecular flexibility index (Phi) is 7.68. The van der Waals surface area contributed by atoms with E-state index >= 15 is 0 Å². The topological polar surface area (TPSA) is 106 Å². The monoisotopic (exact) mass is 493 g/mol. The number of nitrogens with zero attached hydrogens (tertiary/aromatic N) is 3. The number of carbonyl (C=O) groups is 2. The van der Waals surface area contributed by atoms with Crippen molar-refractivity contribution in [1.82, 2.24) is 15.0 Å². The lowest BCUT2D eigenvalue weighted by Crippen LogP contribution is -2.13. The molecule has 0 aliphatic heterocycles. The minimum atomic E-state index is -0.258. The van der Waals surface area contributed by atoms with Crippen LogP contribution in [-0.2, 0) is 4.79 Å². The van der Waals surface area contributed by atoms with Gasteiger partial charge in [-0.05, 0) is 80.4 Å². The first-order chi connectivity index (χ1) is 17.8. The number of ether oxygens (including phenoxy) is 1. The quantitative estimate of drug-likeness (QED) is 0.289. The molecule has 0 saturated heterocycles. The normalized spacial score (nSPS) is 10.5. The third kappa shape index (κ3) is 6.43. The van der Waals surface area contributed by atoms with Crippen molar-refractivity contribution in [2.45, 2.75) is 20.8 Å². The van der Waals surface area contributed by atoms with Crippen LogP contribution in [0.3, 0.4) is 0 Å². The summed E-state index contributed by atoms with van der Waals surface area (Å²) in [5, 5.41) is 6.14. The summed E-state index contributed by atoms with van der Waals surface area (Å²) in [6.45, 7) is 9.09. The highest BCUT2D eigenvalue weighted by Crippen LogP contribution is 2.25. The molecular weight excluding hydrogens is 466 g/mol. The molecule has 2 heterocycles. The van der Waals surface area contributed by atoms with Gasteiger partial charge in [-0.2, -0.15) is 0 Å². The lowest BCUT2D eigenvalue weighted by Gasteiger charge is -2.13. The van der Waals surface area contributed by atoms with Crippen molar-refractivity contribution in [3.8, 4) is 17.0 Å². The van der Waals surface area contributed by atoms with E-state index < -0.39 is 0 Å². The number of ketones is 1. The highest BCUT2D eigenvalue weighted by atomic mass is 16.5. The summed E-state index contributed by atoms with van der Waals surface area (Å²) in [6.07, 6.45) is 5.13. The van der Waals surface area contributed by atoms with Crippen LogP contribution in [0.15, 0.2) is 85.3 Å². The minimum absolute atomic E-state index is 0.110. The second kappa shape index (κ2) is 11.3. The number of aryl methyl sites for hydroxylation is 2. The Morgan fingerprint density at radius 1 is 1.00 bits per heavy atom. The molecule has 0 bridgehead atoms. The molecule has 0 unspecified atom stereocenters. The molecule has 0 fully saturated rings. The number of nitrogens with one attached hydrogen (secondary N) is 2. The zero-order chi connectivity index (χ0) is 26.4. The van der Waals surface area contributed by atoms with Crippen LogP contribution in [0.2, 0.25) is 0 Å². The Bertz CT molecular complexity index is 1470. The number of amides is 1. The van der Waals surface area contributed by atoms with Gasteiger partial charge in [0.15, 0.2) is 5.78 Å². The van der Waals surface area contributed by atoms with Crippen molar-refractivity contribution < 1.29 is 14.3 Å². The van der Waals surface area contributed by atoms with E-state index in [1.165, 1.54) is 6.92 Å². The molecule has 8 heteroatoms. The summed E-state index contributed by atoms with van der Waals surface area (Å²) in [7, 11) is 0. The zero-order valence-corrected chi connectivity index (χ0v) is 20.9. The lowest BCUT2D eigenvalue weighted by molar-refractivity contribution is -0.113. The maximum absolute atomic E-state index is 13.0. The largest absolute Gasteiger partial charge is 0.489 e. The smallest absolute Gasteiger partial charge is 0.255 e. The molecule has 0 saturated carbocycles. The van der Waals surface area contributed by atoms with Gasteiger partial charge in [0.2, 0.25) is 5.95 Å². The van der Waals surface area contributed by atoms with E-state index in [0.717, 1.165) is 28.1 Å². The molecule has 1 amide bonds. The van der Waals surface area contributed by atoms with E-state index in [2.05, 4.69) is 32.2 Å². The van der Waals surface area contributed by atoms with Crippen LogP contribution < -0.4 is 15.4 Å². The fourth-order valence-electron chi connectivity index (χ4n) is 3.47. The van der Waals surface area contributed by atoms with Gasteiger partial charge in [0.25, 0.3) is 5.91 Å². The number of Topliss-reactive ketones (excluding diaryl/α,β-unsaturated/α-hetero) is 1. The van der Waals surface area contributed by atoms with Gasteiger partial charge in [-0.25, -0.2) is 9.97 Å². The molecule has 0 aliphatic rings. The van der Waals surface area contributed by atoms with Crippen LogP contribution in [0, 0.1) is 13.8 Å². The summed E-state index contributed by atoms with van der Waals surface area (Å²) in [5.74, 6) is 0.670. The third-order valence-electron chi connectivity index (χ3n) is 5.69. The first kappa shape index (κ1) is 25.2. The summed E-state index contributed by atoms with van der Waals surface area (Å²) in [6, 6.07) is 16.3. The predicted molar refractivity (Wildman–Crippen MR) is 144 cm³/mol. The predicted octanol–water partition coefficient (Wildman–Crippen LogP) is 5.68. The Morgan fingerprint density at radius 3 is 2.57 bits per heavy atom. The van der Waals surface area contributed by atoms with Crippen LogP contribution in [0.5, 0.6) is 5.75 Å². The van der Waals surface area contributed by atoms with Crippen LogP contribution >= 0.6 is 0 Å². The molecule has 37 heavy (non-hydrogen) atoms. The standard InChI is InChI=1S/C29H27N5O3/c1-18-7-8-22(15-26(18)34-29-31-13-11-25(33-29)23-6-5-12-30-16-23)28(36)32-24-9-10-27(19(2)14-24)37-17-20(3)21(4)35/h5-16H,3,17H2,1-2,4H3,(H,32,36)(H,31,33,34). The maximum Gasteiger partial charge on any atom is 0.255 e. The molecule has 2 N–H and O–H groups in total. The first-order valence-electron chi connectivity index (χ1n) is 11.6. The van der Waals surface area contributed by atoms with Gasteiger partial charge in [0, 0.05) is 46.7 Å². The van der Waals surface area contributed by atoms with Crippen LogP contribution in [0.1, 0.15) is 28.4 Å². The lowest BCUT2D eigenvalue weighted by atomic mass is 10.1. The van der Waals surface area contributed by atoms with Crippen LogP contribution in [0.25, 0.3) is 11.3 Å². The molecule has 0 radical (unpaired) electrons. The molecule has 8 nitrogen and oxygen atoms in total. The summed E-state index contributed by atoms with van der Waals surface area (Å²) in [4.78, 5) is 37.4. The van der Waals surface area contributed by atoms with Crippen LogP contribution in [-0.4, -0.2) is 33.2 Å². The number of carbonyl (C=O) groups excluding carboxylic acids is 2. The molecule has 0 aliphatic carbocycles. The van der Waals surface area contributed by atoms with E-state index in [1.807, 2.05) is 44.2 Å². The summed E-state index contributed by atoms with van der Waals surface area (Å²) in [5.41, 5.74) is 5.62. The molecule has 0 spiro atoms. The third-order valence-corrected chi connectivity index (χ3v) is 5.69. The van der Waals surface area contributed by atoms with E-state index in [9.17, 15) is 9.59 Å². The van der Waals surface area contributed by atoms with Crippen molar-refractivity contribution in [2.24, 2.45) is 0 Å². The van der Waals surface area contributed by atoms with Crippen molar-refractivity contribution in [3.05, 3.63) is 102 Å². The molecular formula is C29H27N5O3. The highest BCUT2D eigenvalue weighted by Gasteiger charge is 2.12. The average molecular weight is 494 g/mol.